The number of ether oxygens (including phenoxy) is 6. The van der Waals surface area contributed by atoms with E-state index in [0.29, 0.717) is 83.5 Å². The first-order valence-electron chi connectivity index (χ1n) is 51.9. The quantitative estimate of drug-likeness (QED) is 0.0270. The number of benzene rings is 6. The minimum absolute atomic E-state index is 0.00127. The van der Waals surface area contributed by atoms with Crippen molar-refractivity contribution < 1.29 is 86.2 Å². The maximum atomic E-state index is 13.5. The Bertz CT molecular complexity index is 4780. The van der Waals surface area contributed by atoms with Gasteiger partial charge in [0.15, 0.2) is 0 Å². The van der Waals surface area contributed by atoms with Gasteiger partial charge in [0.05, 0.1) is 37.5 Å². The topological polar surface area (TPSA) is 233 Å². The van der Waals surface area contributed by atoms with Crippen molar-refractivity contribution in [3.8, 4) is 0 Å². The van der Waals surface area contributed by atoms with E-state index < -0.39 is 11.8 Å². The number of nitrogens with zero attached hydrogens (tertiary/aromatic N) is 6. The molecule has 0 saturated carbocycles. The van der Waals surface area contributed by atoms with Crippen LogP contribution in [0.3, 0.4) is 0 Å². The third kappa shape index (κ3) is 31.1. The van der Waals surface area contributed by atoms with Crippen LogP contribution in [0.5, 0.6) is 0 Å². The molecular weight excluding hydrogens is 1780 g/mol. The summed E-state index contributed by atoms with van der Waals surface area (Å²) in [4.78, 5) is 118. The first-order valence-corrected chi connectivity index (χ1v) is 51.9. The van der Waals surface area contributed by atoms with Gasteiger partial charge >= 0.3 is 35.8 Å². The molecule has 0 spiro atoms. The largest absolute Gasteiger partial charge is 0.462 e. The summed E-state index contributed by atoms with van der Waals surface area (Å²) in [5.74, 6) is -3.37. The van der Waals surface area contributed by atoms with Gasteiger partial charge in [-0.1, -0.05) is 196 Å². The predicted octanol–water partition coefficient (Wildman–Crippen LogP) is 25.7. The molecular formula is C117H174N6O18. The number of carbonyl (C=O) groups is 6. The summed E-state index contributed by atoms with van der Waals surface area (Å²) in [5.41, 5.74) is 2.14. The first-order chi connectivity index (χ1) is 65.5. The monoisotopic (exact) mass is 1950 g/mol. The van der Waals surface area contributed by atoms with Crippen LogP contribution < -0.4 is 0 Å². The molecule has 6 aromatic rings. The second kappa shape index (κ2) is 47.0. The molecule has 0 aliphatic carbocycles. The average Bonchev–Trinajstić information content (AvgIpc) is 0.692. The molecule has 0 N–H and O–H groups in total. The van der Waals surface area contributed by atoms with Crippen LogP contribution in [0, 0.1) is 11.8 Å². The van der Waals surface area contributed by atoms with Gasteiger partial charge in [-0.05, 0) is 248 Å². The molecule has 12 rings (SSSR count). The number of piperidine rings is 6. The summed E-state index contributed by atoms with van der Waals surface area (Å²) in [5, 5.41) is 12.4. The third-order valence-electron chi connectivity index (χ3n) is 28.9. The van der Waals surface area contributed by atoms with Crippen molar-refractivity contribution in [2.75, 3.05) is 0 Å². The van der Waals surface area contributed by atoms with Gasteiger partial charge in [-0.25, -0.2) is 0 Å². The van der Waals surface area contributed by atoms with Gasteiger partial charge in [-0.2, -0.15) is 30.4 Å². The molecule has 0 aromatic heterocycles. The number of hydrogen-bond donors (Lipinski definition) is 0. The smallest absolute Gasteiger partial charge is 0.309 e. The van der Waals surface area contributed by atoms with Crippen LogP contribution in [0.25, 0.3) is 0 Å². The molecule has 0 bridgehead atoms. The Morgan fingerprint density at radius 2 is 0.390 bits per heavy atom. The summed E-state index contributed by atoms with van der Waals surface area (Å²) in [6, 6.07) is 61.0. The number of hydroxylamine groups is 12. The van der Waals surface area contributed by atoms with E-state index in [-0.39, 0.29) is 201 Å². The summed E-state index contributed by atoms with van der Waals surface area (Å²) in [7, 11) is 0. The second-order valence-corrected chi connectivity index (χ2v) is 48.4. The van der Waals surface area contributed by atoms with E-state index in [2.05, 4.69) is 311 Å². The average molecular weight is 1950 g/mol. The first kappa shape index (κ1) is 115. The third-order valence-corrected chi connectivity index (χ3v) is 28.9. The fraction of sp³-hybridized carbons (Fsp3) is 0.641. The lowest BCUT2D eigenvalue weighted by Crippen LogP contribution is -2.62. The molecule has 6 fully saturated rings. The van der Waals surface area contributed by atoms with Gasteiger partial charge in [0.1, 0.15) is 73.2 Å². The lowest BCUT2D eigenvalue weighted by Gasteiger charge is -2.54. The molecule has 780 valence electrons. The van der Waals surface area contributed by atoms with Crippen LogP contribution in [-0.4, -0.2) is 169 Å². The fourth-order valence-electron chi connectivity index (χ4n) is 23.5. The maximum absolute atomic E-state index is 13.5. The van der Waals surface area contributed by atoms with E-state index >= 15 is 0 Å². The van der Waals surface area contributed by atoms with Gasteiger partial charge in [0.2, 0.25) is 0 Å². The van der Waals surface area contributed by atoms with Crippen LogP contribution >= 0.6 is 0 Å². The highest BCUT2D eigenvalue weighted by Gasteiger charge is 2.56. The van der Waals surface area contributed by atoms with Crippen molar-refractivity contribution in [1.82, 2.24) is 30.4 Å². The molecule has 0 amide bonds. The molecule has 6 aromatic carbocycles. The van der Waals surface area contributed by atoms with Crippen molar-refractivity contribution in [3.05, 3.63) is 215 Å². The zero-order valence-electron chi connectivity index (χ0n) is 91.5. The van der Waals surface area contributed by atoms with E-state index in [9.17, 15) is 28.8 Å². The molecule has 0 radical (unpaired) electrons. The van der Waals surface area contributed by atoms with Crippen LogP contribution in [0.4, 0.5) is 0 Å². The predicted molar refractivity (Wildman–Crippen MR) is 552 cm³/mol. The molecule has 8 unspecified atom stereocenters. The maximum Gasteiger partial charge on any atom is 0.309 e. The second-order valence-electron chi connectivity index (χ2n) is 48.4. The van der Waals surface area contributed by atoms with Crippen molar-refractivity contribution in [2.45, 2.75) is 470 Å². The van der Waals surface area contributed by atoms with Crippen LogP contribution in [-0.2, 0) is 86.2 Å². The Morgan fingerprint density at radius 1 is 0.234 bits per heavy atom. The van der Waals surface area contributed by atoms with E-state index in [1.165, 1.54) is 0 Å². The Labute approximate surface area is 845 Å². The highest BCUT2D eigenvalue weighted by Crippen LogP contribution is 2.50. The number of rotatable bonds is 34. The Morgan fingerprint density at radius 3 is 0.567 bits per heavy atom. The summed E-state index contributed by atoms with van der Waals surface area (Å²) in [6.07, 6.45) is 5.55. The number of esters is 6. The minimum atomic E-state index is -0.614. The van der Waals surface area contributed by atoms with Crippen LogP contribution in [0.1, 0.15) is 401 Å². The summed E-state index contributed by atoms with van der Waals surface area (Å²) in [6.45, 7) is 66.9. The summed E-state index contributed by atoms with van der Waals surface area (Å²) >= 11 is 0. The van der Waals surface area contributed by atoms with E-state index in [1.54, 1.807) is 6.92 Å². The van der Waals surface area contributed by atoms with Gasteiger partial charge < -0.3 is 28.4 Å². The molecule has 6 heterocycles. The highest BCUT2D eigenvalue weighted by molar-refractivity contribution is 5.81. The molecule has 6 saturated heterocycles. The van der Waals surface area contributed by atoms with Crippen molar-refractivity contribution in [1.29, 1.82) is 0 Å². The molecule has 141 heavy (non-hydrogen) atoms. The lowest BCUT2D eigenvalue weighted by molar-refractivity contribution is -0.314. The van der Waals surface area contributed by atoms with E-state index in [4.69, 9.17) is 57.4 Å². The molecule has 24 nitrogen and oxygen atoms in total. The van der Waals surface area contributed by atoms with Crippen molar-refractivity contribution in [3.63, 3.8) is 0 Å². The zero-order chi connectivity index (χ0) is 104. The molecule has 6 aliphatic heterocycles. The molecule has 24 heteroatoms. The number of hydrogen-bond acceptors (Lipinski definition) is 24. The van der Waals surface area contributed by atoms with Crippen LogP contribution in [0.15, 0.2) is 182 Å². The van der Waals surface area contributed by atoms with E-state index in [1.807, 2.05) is 116 Å². The Kier molecular flexibility index (Phi) is 38.2. The van der Waals surface area contributed by atoms with Crippen molar-refractivity contribution in [2.24, 2.45) is 11.8 Å². The van der Waals surface area contributed by atoms with Gasteiger partial charge in [0.25, 0.3) is 0 Å². The fourth-order valence-corrected chi connectivity index (χ4v) is 23.5. The molecule has 6 aliphatic rings. The van der Waals surface area contributed by atoms with Crippen LogP contribution in [0.2, 0.25) is 0 Å². The Balaban J connectivity index is 0.000000218. The van der Waals surface area contributed by atoms with Gasteiger partial charge in [-0.3, -0.25) is 57.8 Å². The van der Waals surface area contributed by atoms with Crippen molar-refractivity contribution >= 4 is 35.8 Å². The number of carbonyl (C=O) groups excluding carboxylic acids is 6. The molecule has 8 atom stereocenters. The summed E-state index contributed by atoms with van der Waals surface area (Å²) < 4.78 is 36.2. The van der Waals surface area contributed by atoms with E-state index in [0.717, 1.165) is 33.4 Å². The minimum Gasteiger partial charge on any atom is -0.462 e. The Hall–Kier alpha value is -8.34. The highest BCUT2D eigenvalue weighted by atomic mass is 16.7. The zero-order valence-corrected chi connectivity index (χ0v) is 91.5. The normalized spacial score (nSPS) is 23.1. The SMILES string of the molecule is CC(CC(=O)OC1CC(C)(C)N(OC(C)c2ccccc2)C(C)(C)C1)C(=O)OC1CC(C)(C)N(OC(C)c2ccccc2)C(C)(C)C1.CC(ON1C(C)(C)CC(OC(=O)CCC(=O)OC2CC(C)(C)N(OC(C)c3ccccc3)C(C)(C)C2)CC1(C)C)c1ccccc1.CCC(CC(=O)OC1CC(C)(C)N(OC(C)c2ccccc2)C(C)(C)C1)C(=O)OC1CC(C)(C)N(OC(C)c2ccccc2)C(C)(C)C1. The standard InChI is InChI=1S/C40H60N2O6.C39H58N2O6.C38H56N2O6/c1-12-30(36(44)46-34-26-39(8,9)42(40(10,11)27-34)48-29(3)32-21-17-14-18-22-32)23-35(43)45-33-24-37(4,5)41(38(6,7)25-33)47-28(2)31-19-15-13-16-20-31;1-27(35(43)45-33-25-38(8,9)41(39(10,11)26-33)47-29(3)31-20-16-13-17-21-31)22-34(42)44-32-23-36(4,5)40(37(6,7)24-32)46-28(2)30-18-14-12-15-19-30;1-27(29-17-13-11-14-18-29)45-39-35(3,4)23-31(24-36(39,5)6)43-33(41)21-22-34(42)44-32-25-37(7,8)40(38(9,10)26-32)46-28(2)30-19-15-12-16-20-30/h13-22,28-30,33-34H,12,23-27H2,1-11H3;12-21,27-29,32-33H,22-26H2,1-11H3;11-20,27-28,31-32H,21-26H2,1-10H3. The van der Waals surface area contributed by atoms with Gasteiger partial charge in [0, 0.05) is 144 Å². The lowest BCUT2D eigenvalue weighted by atomic mass is 9.80. The van der Waals surface area contributed by atoms with Gasteiger partial charge in [-0.15, -0.1) is 0 Å².